The van der Waals surface area contributed by atoms with Crippen LogP contribution in [0.2, 0.25) is 0 Å². The van der Waals surface area contributed by atoms with Crippen LogP contribution < -0.4 is 5.73 Å². The summed E-state index contributed by atoms with van der Waals surface area (Å²) >= 11 is 0. The maximum absolute atomic E-state index is 6.09. The first kappa shape index (κ1) is 15.3. The topological polar surface area (TPSA) is 32.5 Å². The Hall–Kier alpha value is -0.120. The molecule has 2 unspecified atom stereocenters. The zero-order valence-electron chi connectivity index (χ0n) is 13.0. The molecular weight excluding hydrogens is 234 g/mol. The number of nitrogens with two attached hydrogens (primary N) is 1. The average Bonchev–Trinajstić information content (AvgIpc) is 2.88. The lowest BCUT2D eigenvalue weighted by Crippen LogP contribution is -2.49. The van der Waals surface area contributed by atoms with Crippen LogP contribution in [-0.2, 0) is 0 Å². The van der Waals surface area contributed by atoms with E-state index in [4.69, 9.17) is 5.73 Å². The summed E-state index contributed by atoms with van der Waals surface area (Å²) in [5.74, 6) is 0.847. The first-order chi connectivity index (χ1) is 9.26. The molecule has 0 radical (unpaired) electrons. The van der Waals surface area contributed by atoms with E-state index in [1.54, 1.807) is 0 Å². The minimum Gasteiger partial charge on any atom is -0.329 e. The van der Waals surface area contributed by atoms with E-state index in [1.165, 1.54) is 64.6 Å². The molecule has 0 spiro atoms. The molecule has 0 aromatic heterocycles. The fraction of sp³-hybridized carbons (Fsp3) is 1.00. The fourth-order valence-corrected chi connectivity index (χ4v) is 4.24. The Bertz CT molecular complexity index is 250. The summed E-state index contributed by atoms with van der Waals surface area (Å²) in [6, 6.07) is 1.38. The highest BCUT2D eigenvalue weighted by molar-refractivity contribution is 4.86. The van der Waals surface area contributed by atoms with Crippen LogP contribution >= 0.6 is 0 Å². The maximum Gasteiger partial charge on any atom is 0.0244 e. The lowest BCUT2D eigenvalue weighted by molar-refractivity contribution is 0.114. The molecule has 1 heterocycles. The summed E-state index contributed by atoms with van der Waals surface area (Å²) in [4.78, 5) is 5.22. The summed E-state index contributed by atoms with van der Waals surface area (Å²) < 4.78 is 0. The summed E-state index contributed by atoms with van der Waals surface area (Å²) in [5.41, 5.74) is 6.09. The Balaban J connectivity index is 1.86. The van der Waals surface area contributed by atoms with Crippen LogP contribution in [0.5, 0.6) is 0 Å². The van der Waals surface area contributed by atoms with Gasteiger partial charge in [0.1, 0.15) is 0 Å². The number of hydrogen-bond acceptors (Lipinski definition) is 3. The van der Waals surface area contributed by atoms with Crippen molar-refractivity contribution in [1.82, 2.24) is 9.80 Å². The van der Waals surface area contributed by atoms with Gasteiger partial charge in [0.2, 0.25) is 0 Å². The number of nitrogens with zero attached hydrogens (tertiary/aromatic N) is 2. The Morgan fingerprint density at radius 2 is 1.89 bits per heavy atom. The van der Waals surface area contributed by atoms with Gasteiger partial charge < -0.3 is 10.6 Å². The standard InChI is InChI=1S/C16H33N3/c1-3-19-11-7-10-15(19)13-18(2)16(12-17)14-8-5-4-6-9-14/h14-16H,3-13,17H2,1-2H3. The summed E-state index contributed by atoms with van der Waals surface area (Å²) in [6.07, 6.45) is 9.81. The third-order valence-electron chi connectivity index (χ3n) is 5.41. The molecule has 2 aliphatic rings. The second kappa shape index (κ2) is 7.61. The van der Waals surface area contributed by atoms with E-state index >= 15 is 0 Å². The maximum atomic E-state index is 6.09. The van der Waals surface area contributed by atoms with Gasteiger partial charge in [-0.1, -0.05) is 26.2 Å². The largest absolute Gasteiger partial charge is 0.329 e. The molecule has 2 rings (SSSR count). The molecule has 1 aliphatic carbocycles. The Labute approximate surface area is 119 Å². The number of hydrogen-bond donors (Lipinski definition) is 1. The highest BCUT2D eigenvalue weighted by Gasteiger charge is 2.30. The van der Waals surface area contributed by atoms with Crippen molar-refractivity contribution in [3.8, 4) is 0 Å². The van der Waals surface area contributed by atoms with Gasteiger partial charge in [0, 0.05) is 25.2 Å². The van der Waals surface area contributed by atoms with Crippen LogP contribution in [0.4, 0.5) is 0 Å². The monoisotopic (exact) mass is 267 g/mol. The molecule has 0 amide bonds. The summed E-state index contributed by atoms with van der Waals surface area (Å²) in [7, 11) is 2.30. The molecule has 19 heavy (non-hydrogen) atoms. The molecule has 1 saturated heterocycles. The van der Waals surface area contributed by atoms with Crippen molar-refractivity contribution >= 4 is 0 Å². The Kier molecular flexibility index (Phi) is 6.11. The van der Waals surface area contributed by atoms with Crippen molar-refractivity contribution in [3.63, 3.8) is 0 Å². The molecule has 0 aromatic carbocycles. The van der Waals surface area contributed by atoms with Crippen LogP contribution in [0.3, 0.4) is 0 Å². The van der Waals surface area contributed by atoms with Gasteiger partial charge in [0.15, 0.2) is 0 Å². The van der Waals surface area contributed by atoms with Gasteiger partial charge in [-0.2, -0.15) is 0 Å². The molecule has 0 bridgehead atoms. The van der Waals surface area contributed by atoms with Crippen LogP contribution in [-0.4, -0.2) is 55.1 Å². The second-order valence-corrected chi connectivity index (χ2v) is 6.57. The van der Waals surface area contributed by atoms with E-state index in [0.717, 1.165) is 18.5 Å². The van der Waals surface area contributed by atoms with E-state index in [1.807, 2.05) is 0 Å². The van der Waals surface area contributed by atoms with E-state index in [2.05, 4.69) is 23.8 Å². The predicted molar refractivity (Wildman–Crippen MR) is 82.3 cm³/mol. The predicted octanol–water partition coefficient (Wildman–Crippen LogP) is 2.31. The molecule has 112 valence electrons. The van der Waals surface area contributed by atoms with E-state index in [-0.39, 0.29) is 0 Å². The third-order valence-corrected chi connectivity index (χ3v) is 5.41. The van der Waals surface area contributed by atoms with Crippen molar-refractivity contribution < 1.29 is 0 Å². The van der Waals surface area contributed by atoms with Gasteiger partial charge in [-0.25, -0.2) is 0 Å². The lowest BCUT2D eigenvalue weighted by atomic mass is 9.83. The minimum atomic E-state index is 0.611. The molecule has 1 saturated carbocycles. The van der Waals surface area contributed by atoms with Gasteiger partial charge in [-0.05, 0) is 51.7 Å². The Morgan fingerprint density at radius 1 is 1.16 bits per heavy atom. The van der Waals surface area contributed by atoms with E-state index in [9.17, 15) is 0 Å². The highest BCUT2D eigenvalue weighted by atomic mass is 15.2. The first-order valence-electron chi connectivity index (χ1n) is 8.40. The van der Waals surface area contributed by atoms with E-state index in [0.29, 0.717) is 6.04 Å². The average molecular weight is 267 g/mol. The van der Waals surface area contributed by atoms with Gasteiger partial charge in [-0.3, -0.25) is 4.90 Å². The molecule has 0 aromatic rings. The molecular formula is C16H33N3. The van der Waals surface area contributed by atoms with Crippen LogP contribution in [0.15, 0.2) is 0 Å². The quantitative estimate of drug-likeness (QED) is 0.801. The normalized spacial score (nSPS) is 28.1. The first-order valence-corrected chi connectivity index (χ1v) is 8.40. The molecule has 3 heteroatoms. The van der Waals surface area contributed by atoms with Gasteiger partial charge in [0.25, 0.3) is 0 Å². The van der Waals surface area contributed by atoms with Crippen molar-refractivity contribution in [2.75, 3.05) is 33.2 Å². The SMILES string of the molecule is CCN1CCCC1CN(C)C(CN)C1CCCCC1. The smallest absolute Gasteiger partial charge is 0.0244 e. The van der Waals surface area contributed by atoms with Crippen LogP contribution in [0.25, 0.3) is 0 Å². The zero-order valence-corrected chi connectivity index (χ0v) is 13.0. The molecule has 1 aliphatic heterocycles. The van der Waals surface area contributed by atoms with Crippen molar-refractivity contribution in [1.29, 1.82) is 0 Å². The number of rotatable bonds is 6. The third kappa shape index (κ3) is 3.93. The van der Waals surface area contributed by atoms with Gasteiger partial charge in [0.05, 0.1) is 0 Å². The molecule has 2 N–H and O–H groups in total. The minimum absolute atomic E-state index is 0.611. The molecule has 3 nitrogen and oxygen atoms in total. The second-order valence-electron chi connectivity index (χ2n) is 6.57. The zero-order chi connectivity index (χ0) is 13.7. The van der Waals surface area contributed by atoms with Crippen LogP contribution in [0.1, 0.15) is 51.9 Å². The van der Waals surface area contributed by atoms with Crippen LogP contribution in [0, 0.1) is 5.92 Å². The van der Waals surface area contributed by atoms with Crippen molar-refractivity contribution in [3.05, 3.63) is 0 Å². The summed E-state index contributed by atoms with van der Waals surface area (Å²) in [5, 5.41) is 0. The van der Waals surface area contributed by atoms with Crippen molar-refractivity contribution in [2.45, 2.75) is 64.0 Å². The number of likely N-dealkylation sites (N-methyl/N-ethyl adjacent to an activating group) is 2. The number of likely N-dealkylation sites (tertiary alicyclic amines) is 1. The van der Waals surface area contributed by atoms with E-state index < -0.39 is 0 Å². The molecule has 2 fully saturated rings. The Morgan fingerprint density at radius 3 is 2.53 bits per heavy atom. The van der Waals surface area contributed by atoms with Gasteiger partial charge in [-0.15, -0.1) is 0 Å². The van der Waals surface area contributed by atoms with Crippen molar-refractivity contribution in [2.24, 2.45) is 11.7 Å². The fourth-order valence-electron chi connectivity index (χ4n) is 4.24. The lowest BCUT2D eigenvalue weighted by Gasteiger charge is -2.38. The molecule has 2 atom stereocenters. The summed E-state index contributed by atoms with van der Waals surface area (Å²) in [6.45, 7) is 6.84. The van der Waals surface area contributed by atoms with Gasteiger partial charge >= 0.3 is 0 Å². The highest BCUT2D eigenvalue weighted by Crippen LogP contribution is 2.29.